The maximum Gasteiger partial charge on any atom is 0.252 e. The minimum absolute atomic E-state index is 0.0256. The van der Waals surface area contributed by atoms with E-state index in [4.69, 9.17) is 0 Å². The quantitative estimate of drug-likeness (QED) is 0.748. The number of aryl methyl sites for hydroxylation is 1. The molecule has 0 saturated heterocycles. The number of benzene rings is 1. The van der Waals surface area contributed by atoms with Gasteiger partial charge in [0.05, 0.1) is 16.7 Å². The molecule has 138 valence electrons. The first-order valence-electron chi connectivity index (χ1n) is 8.93. The molecular weight excluding hydrogens is 358 g/mol. The molecule has 1 unspecified atom stereocenters. The number of nitrogens with zero attached hydrogens (tertiary/aromatic N) is 4. The number of nitrogens with one attached hydrogen (secondary N) is 1. The van der Waals surface area contributed by atoms with Crippen LogP contribution in [0.4, 0.5) is 5.82 Å². The van der Waals surface area contributed by atoms with Gasteiger partial charge in [-0.2, -0.15) is 9.78 Å². The van der Waals surface area contributed by atoms with Crippen LogP contribution in [0, 0.1) is 6.92 Å². The van der Waals surface area contributed by atoms with E-state index in [9.17, 15) is 4.79 Å². The maximum absolute atomic E-state index is 12.3. The van der Waals surface area contributed by atoms with Crippen molar-refractivity contribution in [2.75, 3.05) is 11.1 Å². The SMILES string of the molecule is Cc1nn(-c2ncccn2)c2c1C(c1ccc(C(C)C)cc1)SCC(=O)N2. The second-order valence-electron chi connectivity index (χ2n) is 6.87. The Morgan fingerprint density at radius 2 is 1.89 bits per heavy atom. The number of carbonyl (C=O) groups is 1. The summed E-state index contributed by atoms with van der Waals surface area (Å²) in [6, 6.07) is 10.4. The Morgan fingerprint density at radius 3 is 2.56 bits per heavy atom. The van der Waals surface area contributed by atoms with E-state index in [0.29, 0.717) is 23.4 Å². The zero-order chi connectivity index (χ0) is 19.0. The third kappa shape index (κ3) is 3.35. The summed E-state index contributed by atoms with van der Waals surface area (Å²) in [5.41, 5.74) is 4.34. The molecule has 2 aromatic heterocycles. The highest BCUT2D eigenvalue weighted by Gasteiger charge is 2.31. The maximum atomic E-state index is 12.3. The van der Waals surface area contributed by atoms with E-state index in [2.05, 4.69) is 58.5 Å². The average Bonchev–Trinajstić information content (AvgIpc) is 2.88. The van der Waals surface area contributed by atoms with Crippen molar-refractivity contribution in [2.45, 2.75) is 31.9 Å². The van der Waals surface area contributed by atoms with Crippen molar-refractivity contribution in [1.82, 2.24) is 19.7 Å². The molecule has 0 bridgehead atoms. The average molecular weight is 379 g/mol. The summed E-state index contributed by atoms with van der Waals surface area (Å²) in [6.07, 6.45) is 3.34. The van der Waals surface area contributed by atoms with E-state index in [1.807, 2.05) is 6.92 Å². The standard InChI is InChI=1S/C20H21N5OS/c1-12(2)14-5-7-15(8-6-14)18-17-13(3)24-25(20-21-9-4-10-22-20)19(17)23-16(26)11-27-18/h4-10,12,18H,11H2,1-3H3,(H,23,26). The number of amides is 1. The van der Waals surface area contributed by atoms with Gasteiger partial charge in [-0.15, -0.1) is 11.8 Å². The molecule has 3 heterocycles. The zero-order valence-corrected chi connectivity index (χ0v) is 16.3. The van der Waals surface area contributed by atoms with E-state index < -0.39 is 0 Å². The fourth-order valence-corrected chi connectivity index (χ4v) is 4.44. The number of hydrogen-bond donors (Lipinski definition) is 1. The molecule has 0 aliphatic carbocycles. The van der Waals surface area contributed by atoms with Crippen LogP contribution < -0.4 is 5.32 Å². The van der Waals surface area contributed by atoms with Crippen LogP contribution in [0.25, 0.3) is 5.95 Å². The Kier molecular flexibility index (Phi) is 4.70. The van der Waals surface area contributed by atoms with Gasteiger partial charge in [0.2, 0.25) is 5.91 Å². The lowest BCUT2D eigenvalue weighted by Crippen LogP contribution is -2.16. The molecule has 0 saturated carbocycles. The topological polar surface area (TPSA) is 72.7 Å². The molecule has 0 fully saturated rings. The molecule has 3 aromatic rings. The predicted molar refractivity (Wildman–Crippen MR) is 107 cm³/mol. The highest BCUT2D eigenvalue weighted by Crippen LogP contribution is 2.43. The van der Waals surface area contributed by atoms with Crippen LogP contribution >= 0.6 is 11.8 Å². The molecule has 1 N–H and O–H groups in total. The first-order chi connectivity index (χ1) is 13.0. The van der Waals surface area contributed by atoms with Gasteiger partial charge < -0.3 is 5.32 Å². The molecule has 4 rings (SSSR count). The van der Waals surface area contributed by atoms with Crippen LogP contribution in [-0.4, -0.2) is 31.4 Å². The summed E-state index contributed by atoms with van der Waals surface area (Å²) in [5, 5.41) is 7.65. The van der Waals surface area contributed by atoms with Gasteiger partial charge in [-0.3, -0.25) is 4.79 Å². The number of thioether (sulfide) groups is 1. The van der Waals surface area contributed by atoms with Crippen LogP contribution in [0.5, 0.6) is 0 Å². The Balaban J connectivity index is 1.83. The van der Waals surface area contributed by atoms with Crippen molar-refractivity contribution in [3.63, 3.8) is 0 Å². The van der Waals surface area contributed by atoms with Crippen molar-refractivity contribution in [2.24, 2.45) is 0 Å². The minimum atomic E-state index is -0.0420. The van der Waals surface area contributed by atoms with Gasteiger partial charge in [0.1, 0.15) is 5.82 Å². The molecule has 1 amide bonds. The predicted octanol–water partition coefficient (Wildman–Crippen LogP) is 3.87. The van der Waals surface area contributed by atoms with Crippen molar-refractivity contribution >= 4 is 23.5 Å². The Morgan fingerprint density at radius 1 is 1.19 bits per heavy atom. The van der Waals surface area contributed by atoms with Gasteiger partial charge >= 0.3 is 0 Å². The molecule has 0 spiro atoms. The van der Waals surface area contributed by atoms with Gasteiger partial charge in [-0.05, 0) is 30.0 Å². The second-order valence-corrected chi connectivity index (χ2v) is 7.96. The number of carbonyl (C=O) groups excluding carboxylic acids is 1. The summed E-state index contributed by atoms with van der Waals surface area (Å²) in [4.78, 5) is 20.9. The first kappa shape index (κ1) is 17.7. The van der Waals surface area contributed by atoms with Crippen LogP contribution in [0.15, 0.2) is 42.7 Å². The van der Waals surface area contributed by atoms with Crippen molar-refractivity contribution in [1.29, 1.82) is 0 Å². The van der Waals surface area contributed by atoms with Gasteiger partial charge in [0.15, 0.2) is 0 Å². The van der Waals surface area contributed by atoms with Gasteiger partial charge in [0.25, 0.3) is 5.95 Å². The molecule has 27 heavy (non-hydrogen) atoms. The van der Waals surface area contributed by atoms with Crippen LogP contribution in [0.2, 0.25) is 0 Å². The molecule has 1 aliphatic heterocycles. The molecule has 1 aliphatic rings. The highest BCUT2D eigenvalue weighted by molar-refractivity contribution is 8.00. The highest BCUT2D eigenvalue weighted by atomic mass is 32.2. The van der Waals surface area contributed by atoms with Crippen molar-refractivity contribution in [3.8, 4) is 5.95 Å². The molecule has 0 radical (unpaired) electrons. The van der Waals surface area contributed by atoms with E-state index in [1.165, 1.54) is 11.1 Å². The van der Waals surface area contributed by atoms with Crippen molar-refractivity contribution < 1.29 is 4.79 Å². The van der Waals surface area contributed by atoms with Crippen molar-refractivity contribution in [3.05, 3.63) is 65.1 Å². The van der Waals surface area contributed by atoms with Crippen LogP contribution in [0.3, 0.4) is 0 Å². The van der Waals surface area contributed by atoms with E-state index in [0.717, 1.165) is 11.3 Å². The number of aromatic nitrogens is 4. The zero-order valence-electron chi connectivity index (χ0n) is 15.5. The minimum Gasteiger partial charge on any atom is -0.309 e. The summed E-state index contributed by atoms with van der Waals surface area (Å²) >= 11 is 1.62. The third-order valence-electron chi connectivity index (χ3n) is 4.66. The molecule has 6 nitrogen and oxygen atoms in total. The summed E-state index contributed by atoms with van der Waals surface area (Å²) in [6.45, 7) is 6.33. The number of fused-ring (bicyclic) bond motifs is 1. The molecular formula is C20H21N5OS. The lowest BCUT2D eigenvalue weighted by molar-refractivity contribution is -0.113. The third-order valence-corrected chi connectivity index (χ3v) is 5.93. The lowest BCUT2D eigenvalue weighted by Gasteiger charge is -2.16. The number of hydrogen-bond acceptors (Lipinski definition) is 5. The number of anilines is 1. The van der Waals surface area contributed by atoms with E-state index >= 15 is 0 Å². The van der Waals surface area contributed by atoms with Gasteiger partial charge in [0, 0.05) is 18.0 Å². The summed E-state index contributed by atoms with van der Waals surface area (Å²) < 4.78 is 1.63. The van der Waals surface area contributed by atoms with Gasteiger partial charge in [-0.25, -0.2) is 9.97 Å². The van der Waals surface area contributed by atoms with Gasteiger partial charge in [-0.1, -0.05) is 38.1 Å². The second kappa shape index (κ2) is 7.15. The number of rotatable bonds is 3. The van der Waals surface area contributed by atoms with E-state index in [1.54, 1.807) is 34.9 Å². The Hall–Kier alpha value is -2.67. The van der Waals surface area contributed by atoms with Crippen LogP contribution in [0.1, 0.15) is 47.4 Å². The fourth-order valence-electron chi connectivity index (χ4n) is 3.25. The molecule has 1 aromatic carbocycles. The normalized spacial score (nSPS) is 16.7. The molecule has 1 atom stereocenters. The molecule has 7 heteroatoms. The largest absolute Gasteiger partial charge is 0.309 e. The lowest BCUT2D eigenvalue weighted by atomic mass is 9.98. The smallest absolute Gasteiger partial charge is 0.252 e. The van der Waals surface area contributed by atoms with Crippen LogP contribution in [-0.2, 0) is 4.79 Å². The van der Waals surface area contributed by atoms with E-state index in [-0.39, 0.29) is 11.2 Å². The fraction of sp³-hybridized carbons (Fsp3) is 0.300. The Labute approximate surface area is 162 Å². The Bertz CT molecular complexity index is 966. The summed E-state index contributed by atoms with van der Waals surface area (Å²) in [5.74, 6) is 1.94. The monoisotopic (exact) mass is 379 g/mol. The summed E-state index contributed by atoms with van der Waals surface area (Å²) in [7, 11) is 0. The first-order valence-corrected chi connectivity index (χ1v) is 9.97.